The number of anilines is 1. The topological polar surface area (TPSA) is 225 Å². The molecule has 1 aromatic rings. The highest BCUT2D eigenvalue weighted by Crippen LogP contribution is 2.26. The van der Waals surface area contributed by atoms with E-state index in [0.29, 0.717) is 44.2 Å². The lowest BCUT2D eigenvalue weighted by Gasteiger charge is -2.31. The van der Waals surface area contributed by atoms with Gasteiger partial charge in [0.2, 0.25) is 17.7 Å². The van der Waals surface area contributed by atoms with Crippen LogP contribution in [0.2, 0.25) is 0 Å². The SMILES string of the molecule is CC(NC(=O)CNC(=O)CCCCCN1C(=O)C=CC1=O)C(=O)Nc1ccc(COC=N)c(CCC2CC(O)CC(C(=O)O)O2)c1. The molecule has 6 N–H and O–H groups in total. The second-order valence-corrected chi connectivity index (χ2v) is 11.2. The first-order chi connectivity index (χ1) is 22.0. The minimum Gasteiger partial charge on any atom is -0.479 e. The molecule has 1 fully saturated rings. The van der Waals surface area contributed by atoms with Gasteiger partial charge in [-0.05, 0) is 62.3 Å². The number of carbonyl (C=O) groups is 6. The minimum absolute atomic E-state index is 0.0278. The van der Waals surface area contributed by atoms with Crippen LogP contribution in [0.1, 0.15) is 63.0 Å². The highest BCUT2D eigenvalue weighted by atomic mass is 16.5. The van der Waals surface area contributed by atoms with Gasteiger partial charge in [0.15, 0.2) is 12.5 Å². The number of hydrogen-bond donors (Lipinski definition) is 6. The van der Waals surface area contributed by atoms with Crippen LogP contribution in [-0.2, 0) is 51.3 Å². The molecule has 0 spiro atoms. The number of hydrogen-bond acceptors (Lipinski definition) is 10. The summed E-state index contributed by atoms with van der Waals surface area (Å²) in [5.41, 5.74) is 1.96. The van der Waals surface area contributed by atoms with Gasteiger partial charge in [-0.2, -0.15) is 0 Å². The van der Waals surface area contributed by atoms with Gasteiger partial charge in [-0.3, -0.25) is 34.3 Å². The molecular weight excluding hydrogens is 602 g/mol. The number of aliphatic hydroxyl groups is 1. The highest BCUT2D eigenvalue weighted by molar-refractivity contribution is 6.12. The largest absolute Gasteiger partial charge is 0.479 e. The normalized spacial score (nSPS) is 19.8. The van der Waals surface area contributed by atoms with E-state index in [-0.39, 0.29) is 50.3 Å². The quantitative estimate of drug-likeness (QED) is 0.0570. The minimum atomic E-state index is -1.13. The number of aliphatic carboxylic acids is 1. The predicted octanol–water partition coefficient (Wildman–Crippen LogP) is 0.781. The molecule has 0 aromatic heterocycles. The maximum Gasteiger partial charge on any atom is 0.332 e. The van der Waals surface area contributed by atoms with E-state index >= 15 is 0 Å². The van der Waals surface area contributed by atoms with Crippen molar-refractivity contribution < 1.29 is 48.5 Å². The zero-order chi connectivity index (χ0) is 33.6. The number of nitrogens with zero attached hydrogens (tertiary/aromatic N) is 1. The van der Waals surface area contributed by atoms with E-state index in [2.05, 4.69) is 16.0 Å². The molecule has 1 saturated heterocycles. The van der Waals surface area contributed by atoms with E-state index in [1.807, 2.05) is 0 Å². The van der Waals surface area contributed by atoms with Crippen molar-refractivity contribution in [1.29, 1.82) is 5.41 Å². The third-order valence-corrected chi connectivity index (χ3v) is 7.59. The first kappa shape index (κ1) is 35.8. The summed E-state index contributed by atoms with van der Waals surface area (Å²) in [6.07, 6.45) is 3.94. The Hall–Kier alpha value is -4.63. The molecule has 4 unspecified atom stereocenters. The maximum absolute atomic E-state index is 12.8. The number of amides is 5. The summed E-state index contributed by atoms with van der Waals surface area (Å²) in [5.74, 6) is -3.20. The molecule has 0 radical (unpaired) electrons. The molecule has 4 atom stereocenters. The number of rotatable bonds is 18. The molecule has 5 amide bonds. The number of imide groups is 1. The lowest BCUT2D eigenvalue weighted by molar-refractivity contribution is -0.166. The fourth-order valence-corrected chi connectivity index (χ4v) is 5.12. The van der Waals surface area contributed by atoms with E-state index in [4.69, 9.17) is 14.9 Å². The summed E-state index contributed by atoms with van der Waals surface area (Å²) in [5, 5.41) is 34.3. The van der Waals surface area contributed by atoms with E-state index < -0.39 is 42.1 Å². The summed E-state index contributed by atoms with van der Waals surface area (Å²) >= 11 is 0. The Morgan fingerprint density at radius 2 is 1.83 bits per heavy atom. The number of unbranched alkanes of at least 4 members (excludes halogenated alkanes) is 2. The molecule has 2 aliphatic heterocycles. The molecule has 0 saturated carbocycles. The molecular formula is C31H41N5O10. The van der Waals surface area contributed by atoms with Gasteiger partial charge in [-0.25, -0.2) is 4.79 Å². The van der Waals surface area contributed by atoms with Gasteiger partial charge in [-0.1, -0.05) is 12.5 Å². The molecule has 0 aliphatic carbocycles. The monoisotopic (exact) mass is 643 g/mol. The van der Waals surface area contributed by atoms with Crippen molar-refractivity contribution in [2.45, 2.75) is 89.3 Å². The van der Waals surface area contributed by atoms with Crippen molar-refractivity contribution in [2.75, 3.05) is 18.4 Å². The predicted molar refractivity (Wildman–Crippen MR) is 163 cm³/mol. The van der Waals surface area contributed by atoms with Crippen LogP contribution in [0.4, 0.5) is 5.69 Å². The van der Waals surface area contributed by atoms with Gasteiger partial charge in [0.05, 0.1) is 18.8 Å². The van der Waals surface area contributed by atoms with Crippen molar-refractivity contribution in [2.24, 2.45) is 0 Å². The molecule has 46 heavy (non-hydrogen) atoms. The smallest absolute Gasteiger partial charge is 0.332 e. The second-order valence-electron chi connectivity index (χ2n) is 11.2. The van der Waals surface area contributed by atoms with E-state index in [9.17, 15) is 39.0 Å². The van der Waals surface area contributed by atoms with Gasteiger partial charge < -0.3 is 35.6 Å². The third kappa shape index (κ3) is 11.4. The molecule has 15 nitrogen and oxygen atoms in total. The number of aryl methyl sites for hydroxylation is 1. The van der Waals surface area contributed by atoms with Crippen LogP contribution < -0.4 is 16.0 Å². The number of carboxylic acids is 1. The van der Waals surface area contributed by atoms with Crippen LogP contribution in [0.3, 0.4) is 0 Å². The van der Waals surface area contributed by atoms with E-state index in [1.54, 1.807) is 18.2 Å². The maximum atomic E-state index is 12.8. The lowest BCUT2D eigenvalue weighted by atomic mass is 9.94. The van der Waals surface area contributed by atoms with E-state index in [1.165, 1.54) is 19.1 Å². The molecule has 0 bridgehead atoms. The summed E-state index contributed by atoms with van der Waals surface area (Å²) in [7, 11) is 0. The summed E-state index contributed by atoms with van der Waals surface area (Å²) < 4.78 is 10.7. The van der Waals surface area contributed by atoms with Gasteiger partial charge in [0.25, 0.3) is 11.8 Å². The summed E-state index contributed by atoms with van der Waals surface area (Å²) in [6, 6.07) is 4.18. The zero-order valence-electron chi connectivity index (χ0n) is 25.7. The standard InChI is InChI=1S/C31H41N5O10/c1-19(34-27(39)16-33-26(38)5-3-2-4-12-36-28(40)10-11-29(36)41)30(42)35-22-8-6-21(17-45-18-32)20(13-22)7-9-24-14-23(37)15-25(46-24)31(43)44/h6,8,10-11,13,18-19,23-25,32,37H,2-5,7,9,12,14-17H2,1H3,(H,33,38)(H,34,39)(H,35,42)(H,43,44). The average Bonchev–Trinajstić information content (AvgIpc) is 3.34. The Kier molecular flexibility index (Phi) is 13.8. The molecule has 2 heterocycles. The molecule has 3 rings (SSSR count). The van der Waals surface area contributed by atoms with Crippen LogP contribution in [0.5, 0.6) is 0 Å². The van der Waals surface area contributed by atoms with Gasteiger partial charge >= 0.3 is 5.97 Å². The van der Waals surface area contributed by atoms with Crippen LogP contribution in [0, 0.1) is 5.41 Å². The zero-order valence-corrected chi connectivity index (χ0v) is 25.7. The van der Waals surface area contributed by atoms with Crippen molar-refractivity contribution in [3.63, 3.8) is 0 Å². The first-order valence-electron chi connectivity index (χ1n) is 15.2. The number of nitrogens with one attached hydrogen (secondary N) is 4. The number of ether oxygens (including phenoxy) is 2. The number of aliphatic hydroxyl groups excluding tert-OH is 1. The molecule has 15 heteroatoms. The highest BCUT2D eigenvalue weighted by Gasteiger charge is 2.32. The van der Waals surface area contributed by atoms with Crippen LogP contribution in [0.15, 0.2) is 30.4 Å². The fourth-order valence-electron chi connectivity index (χ4n) is 5.12. The van der Waals surface area contributed by atoms with Crippen molar-refractivity contribution in [1.82, 2.24) is 15.5 Å². The second kappa shape index (κ2) is 17.8. The Morgan fingerprint density at radius 1 is 1.09 bits per heavy atom. The van der Waals surface area contributed by atoms with Gasteiger partial charge in [0, 0.05) is 37.2 Å². The number of carboxylic acid groups (broad SMARTS) is 1. The Balaban J connectivity index is 1.42. The van der Waals surface area contributed by atoms with Crippen molar-refractivity contribution >= 4 is 47.6 Å². The van der Waals surface area contributed by atoms with E-state index in [0.717, 1.165) is 22.4 Å². The summed E-state index contributed by atoms with van der Waals surface area (Å²) in [6.45, 7) is 1.58. The molecule has 1 aromatic carbocycles. The van der Waals surface area contributed by atoms with Crippen LogP contribution in [0.25, 0.3) is 0 Å². The Labute approximate surface area is 266 Å². The Bertz CT molecular complexity index is 1310. The number of carbonyl (C=O) groups excluding carboxylic acids is 5. The van der Waals surface area contributed by atoms with Crippen molar-refractivity contribution in [3.05, 3.63) is 41.5 Å². The summed E-state index contributed by atoms with van der Waals surface area (Å²) in [4.78, 5) is 72.8. The van der Waals surface area contributed by atoms with Crippen LogP contribution >= 0.6 is 0 Å². The number of benzene rings is 1. The van der Waals surface area contributed by atoms with Crippen molar-refractivity contribution in [3.8, 4) is 0 Å². The molecule has 250 valence electrons. The third-order valence-electron chi connectivity index (χ3n) is 7.59. The van der Waals surface area contributed by atoms with Crippen LogP contribution in [-0.4, -0.2) is 94.5 Å². The Morgan fingerprint density at radius 3 is 2.52 bits per heavy atom. The first-order valence-corrected chi connectivity index (χ1v) is 15.2. The fraction of sp³-hybridized carbons (Fsp3) is 0.516. The average molecular weight is 644 g/mol. The van der Waals surface area contributed by atoms with Gasteiger partial charge in [0.1, 0.15) is 12.6 Å². The lowest BCUT2D eigenvalue weighted by Crippen LogP contribution is -2.45. The molecule has 2 aliphatic rings. The van der Waals surface area contributed by atoms with Gasteiger partial charge in [-0.15, -0.1) is 0 Å².